The molecule has 0 aliphatic carbocycles. The van der Waals surface area contributed by atoms with E-state index >= 15 is 0 Å². The maximum absolute atomic E-state index is 12.6. The quantitative estimate of drug-likeness (QED) is 0.188. The summed E-state index contributed by atoms with van der Waals surface area (Å²) in [6, 6.07) is 21.6. The number of carbonyl (C=O) groups is 2. The first kappa shape index (κ1) is 23.5. The highest BCUT2D eigenvalue weighted by atomic mass is 79.9. The third-order valence-corrected chi connectivity index (χ3v) is 5.10. The predicted octanol–water partition coefficient (Wildman–Crippen LogP) is 6.25. The summed E-state index contributed by atoms with van der Waals surface area (Å²) < 4.78 is 17.2. The molecular formula is C26H25BrO5. The number of halogens is 1. The van der Waals surface area contributed by atoms with E-state index in [1.807, 2.05) is 31.2 Å². The molecule has 0 aliphatic heterocycles. The summed E-state index contributed by atoms with van der Waals surface area (Å²) in [5.74, 6) is -0.139. The summed E-state index contributed by atoms with van der Waals surface area (Å²) in [5.41, 5.74) is 1.94. The van der Waals surface area contributed by atoms with Gasteiger partial charge in [-0.25, -0.2) is 9.59 Å². The van der Waals surface area contributed by atoms with Crippen molar-refractivity contribution in [2.45, 2.75) is 26.2 Å². The van der Waals surface area contributed by atoms with E-state index in [9.17, 15) is 9.59 Å². The zero-order chi connectivity index (χ0) is 22.8. The highest BCUT2D eigenvalue weighted by Crippen LogP contribution is 2.25. The average molecular weight is 497 g/mol. The third-order valence-electron chi connectivity index (χ3n) is 4.61. The molecular weight excluding hydrogens is 472 g/mol. The van der Waals surface area contributed by atoms with E-state index in [-0.39, 0.29) is 0 Å². The Bertz CT molecular complexity index is 1030. The van der Waals surface area contributed by atoms with Gasteiger partial charge in [-0.2, -0.15) is 0 Å². The Labute approximate surface area is 196 Å². The van der Waals surface area contributed by atoms with Crippen LogP contribution in [0.15, 0.2) is 77.3 Å². The van der Waals surface area contributed by atoms with Crippen molar-refractivity contribution in [1.82, 2.24) is 0 Å². The molecule has 0 radical (unpaired) electrons. The van der Waals surface area contributed by atoms with Crippen LogP contribution >= 0.6 is 15.9 Å². The second-order valence-electron chi connectivity index (χ2n) is 7.13. The smallest absolute Gasteiger partial charge is 0.347 e. The Kier molecular flexibility index (Phi) is 8.87. The van der Waals surface area contributed by atoms with Crippen molar-refractivity contribution >= 4 is 27.9 Å². The van der Waals surface area contributed by atoms with Gasteiger partial charge in [-0.05, 0) is 67.3 Å². The zero-order valence-corrected chi connectivity index (χ0v) is 19.5. The van der Waals surface area contributed by atoms with Crippen molar-refractivity contribution in [3.05, 3.63) is 94.0 Å². The van der Waals surface area contributed by atoms with Gasteiger partial charge in [-0.1, -0.05) is 53.2 Å². The van der Waals surface area contributed by atoms with Gasteiger partial charge in [0.2, 0.25) is 0 Å². The number of hydrogen-bond donors (Lipinski definition) is 0. The fourth-order valence-corrected chi connectivity index (χ4v) is 3.35. The van der Waals surface area contributed by atoms with E-state index in [1.54, 1.807) is 36.4 Å². The Morgan fingerprint density at radius 2 is 1.62 bits per heavy atom. The minimum Gasteiger partial charge on any atom is -0.493 e. The van der Waals surface area contributed by atoms with Gasteiger partial charge in [0.25, 0.3) is 0 Å². The van der Waals surface area contributed by atoms with Gasteiger partial charge in [-0.3, -0.25) is 0 Å². The van der Waals surface area contributed by atoms with Crippen LogP contribution in [0.3, 0.4) is 0 Å². The number of ether oxygens (including phenoxy) is 3. The van der Waals surface area contributed by atoms with Crippen molar-refractivity contribution in [2.24, 2.45) is 0 Å². The van der Waals surface area contributed by atoms with Gasteiger partial charge < -0.3 is 14.2 Å². The summed E-state index contributed by atoms with van der Waals surface area (Å²) in [6.07, 6.45) is 2.43. The Balaban J connectivity index is 1.53. The number of esters is 2. The van der Waals surface area contributed by atoms with Gasteiger partial charge in [0.05, 0.1) is 18.8 Å². The number of benzene rings is 3. The zero-order valence-electron chi connectivity index (χ0n) is 17.9. The lowest BCUT2D eigenvalue weighted by Crippen LogP contribution is -2.12. The van der Waals surface area contributed by atoms with Gasteiger partial charge in [0, 0.05) is 4.47 Å². The third kappa shape index (κ3) is 6.95. The van der Waals surface area contributed by atoms with E-state index < -0.39 is 11.9 Å². The Hall–Kier alpha value is -3.12. The van der Waals surface area contributed by atoms with E-state index in [0.717, 1.165) is 23.7 Å². The van der Waals surface area contributed by atoms with Crippen LogP contribution in [0.4, 0.5) is 0 Å². The number of rotatable bonds is 10. The molecule has 3 aromatic carbocycles. The molecule has 166 valence electrons. The molecule has 6 heteroatoms. The normalized spacial score (nSPS) is 10.4. The molecule has 0 saturated heterocycles. The lowest BCUT2D eigenvalue weighted by Gasteiger charge is -2.11. The largest absolute Gasteiger partial charge is 0.493 e. The minimum atomic E-state index is -0.534. The molecule has 3 rings (SSSR count). The highest BCUT2D eigenvalue weighted by Gasteiger charge is 2.16. The van der Waals surface area contributed by atoms with Crippen molar-refractivity contribution in [3.63, 3.8) is 0 Å². The Morgan fingerprint density at radius 3 is 2.34 bits per heavy atom. The molecule has 0 N–H and O–H groups in total. The molecule has 0 fully saturated rings. The van der Waals surface area contributed by atoms with Crippen LogP contribution in [0.2, 0.25) is 0 Å². The standard InChI is InChI=1S/C26H25BrO5/c1-2-16-30-24-15-12-21(27)18-23(24)26(29)32-22-13-10-20(11-14-22)25(28)31-17-6-9-19-7-4-3-5-8-19/h3-5,7-8,10-15,18H,2,6,9,16-17H2,1H3. The van der Waals surface area contributed by atoms with Crippen molar-refractivity contribution in [1.29, 1.82) is 0 Å². The second kappa shape index (κ2) is 12.1. The fraction of sp³-hybridized carbons (Fsp3) is 0.231. The number of aryl methyl sites for hydroxylation is 1. The van der Waals surface area contributed by atoms with Crippen LogP contribution in [0.1, 0.15) is 46.0 Å². The molecule has 0 unspecified atom stereocenters. The Morgan fingerprint density at radius 1 is 0.875 bits per heavy atom. The van der Waals surface area contributed by atoms with Gasteiger partial charge >= 0.3 is 11.9 Å². The fourth-order valence-electron chi connectivity index (χ4n) is 2.99. The van der Waals surface area contributed by atoms with Crippen molar-refractivity contribution in [3.8, 4) is 11.5 Å². The molecule has 0 heterocycles. The number of carbonyl (C=O) groups excluding carboxylic acids is 2. The SMILES string of the molecule is CCCOc1ccc(Br)cc1C(=O)Oc1ccc(C(=O)OCCCc2ccccc2)cc1. The topological polar surface area (TPSA) is 61.8 Å². The lowest BCUT2D eigenvalue weighted by atomic mass is 10.1. The molecule has 0 amide bonds. The van der Waals surface area contributed by atoms with Crippen LogP contribution in [-0.4, -0.2) is 25.2 Å². The first-order valence-electron chi connectivity index (χ1n) is 10.5. The van der Waals surface area contributed by atoms with E-state index in [4.69, 9.17) is 14.2 Å². The maximum Gasteiger partial charge on any atom is 0.347 e. The van der Waals surface area contributed by atoms with Gasteiger partial charge in [0.1, 0.15) is 17.1 Å². The van der Waals surface area contributed by atoms with E-state index in [2.05, 4.69) is 28.1 Å². The first-order valence-corrected chi connectivity index (χ1v) is 11.3. The van der Waals surface area contributed by atoms with E-state index in [1.165, 1.54) is 5.56 Å². The minimum absolute atomic E-state index is 0.328. The summed E-state index contributed by atoms with van der Waals surface area (Å²) >= 11 is 3.37. The molecule has 32 heavy (non-hydrogen) atoms. The van der Waals surface area contributed by atoms with Gasteiger partial charge in [-0.15, -0.1) is 0 Å². The summed E-state index contributed by atoms with van der Waals surface area (Å²) in [4.78, 5) is 24.9. The molecule has 0 spiro atoms. The second-order valence-corrected chi connectivity index (χ2v) is 8.04. The predicted molar refractivity (Wildman–Crippen MR) is 126 cm³/mol. The summed E-state index contributed by atoms with van der Waals surface area (Å²) in [7, 11) is 0. The maximum atomic E-state index is 12.6. The van der Waals surface area contributed by atoms with E-state index in [0.29, 0.717) is 35.8 Å². The monoisotopic (exact) mass is 496 g/mol. The van der Waals surface area contributed by atoms with Crippen molar-refractivity contribution in [2.75, 3.05) is 13.2 Å². The highest BCUT2D eigenvalue weighted by molar-refractivity contribution is 9.10. The van der Waals surface area contributed by atoms with Gasteiger partial charge in [0.15, 0.2) is 0 Å². The van der Waals surface area contributed by atoms with Crippen LogP contribution in [-0.2, 0) is 11.2 Å². The first-order chi connectivity index (χ1) is 15.6. The molecule has 0 bridgehead atoms. The van der Waals surface area contributed by atoms with Crippen LogP contribution in [0, 0.1) is 0 Å². The number of hydrogen-bond acceptors (Lipinski definition) is 5. The average Bonchev–Trinajstić information content (AvgIpc) is 2.82. The van der Waals surface area contributed by atoms with Crippen molar-refractivity contribution < 1.29 is 23.8 Å². The summed E-state index contributed by atoms with van der Waals surface area (Å²) in [6.45, 7) is 2.84. The molecule has 5 nitrogen and oxygen atoms in total. The molecule has 0 aromatic heterocycles. The van der Waals surface area contributed by atoms with Crippen LogP contribution < -0.4 is 9.47 Å². The summed E-state index contributed by atoms with van der Waals surface area (Å²) in [5, 5.41) is 0. The van der Waals surface area contributed by atoms with Crippen LogP contribution in [0.25, 0.3) is 0 Å². The molecule has 3 aromatic rings. The van der Waals surface area contributed by atoms with Crippen LogP contribution in [0.5, 0.6) is 11.5 Å². The lowest BCUT2D eigenvalue weighted by molar-refractivity contribution is 0.0500. The molecule has 0 saturated carbocycles. The molecule has 0 aliphatic rings. The molecule has 0 atom stereocenters.